The lowest BCUT2D eigenvalue weighted by Crippen LogP contribution is -2.36. The molecule has 5 heteroatoms. The number of aromatic nitrogens is 2. The van der Waals surface area contributed by atoms with Crippen LogP contribution in [0, 0.1) is 6.92 Å². The van der Waals surface area contributed by atoms with Gasteiger partial charge in [-0.3, -0.25) is 9.36 Å². The van der Waals surface area contributed by atoms with Crippen LogP contribution in [0.15, 0.2) is 27.8 Å². The van der Waals surface area contributed by atoms with Crippen molar-refractivity contribution in [1.29, 1.82) is 0 Å². The molecule has 1 aromatic heterocycles. The molecule has 0 radical (unpaired) electrons. The molecule has 0 aliphatic rings. The van der Waals surface area contributed by atoms with Crippen molar-refractivity contribution in [3.63, 3.8) is 0 Å². The molecule has 2 aromatic rings. The van der Waals surface area contributed by atoms with Crippen LogP contribution < -0.4 is 11.2 Å². The maximum atomic E-state index is 12.1. The van der Waals surface area contributed by atoms with Gasteiger partial charge in [0.2, 0.25) is 0 Å². The van der Waals surface area contributed by atoms with Crippen LogP contribution in [0.25, 0.3) is 10.9 Å². The predicted molar refractivity (Wildman–Crippen MR) is 65.4 cm³/mol. The minimum Gasteiger partial charge on any atom is -0.383 e. The second-order valence-electron chi connectivity index (χ2n) is 3.88. The predicted octanol–water partition coefficient (Wildman–Crippen LogP) is 0.645. The van der Waals surface area contributed by atoms with Gasteiger partial charge in [-0.1, -0.05) is 12.1 Å². The largest absolute Gasteiger partial charge is 0.383 e. The molecule has 1 N–H and O–H groups in total. The van der Waals surface area contributed by atoms with E-state index < -0.39 is 5.69 Å². The SMILES string of the molecule is COCCn1c(=O)[nH]c2c(C)cccc2c1=O. The van der Waals surface area contributed by atoms with E-state index in [0.29, 0.717) is 17.5 Å². The summed E-state index contributed by atoms with van der Waals surface area (Å²) in [5, 5.41) is 0.528. The summed E-state index contributed by atoms with van der Waals surface area (Å²) < 4.78 is 6.04. The number of hydrogen-bond donors (Lipinski definition) is 1. The molecular weight excluding hydrogens is 220 g/mol. The van der Waals surface area contributed by atoms with E-state index in [0.717, 1.165) is 10.1 Å². The molecular formula is C12H14N2O3. The Kier molecular flexibility index (Phi) is 3.10. The van der Waals surface area contributed by atoms with Crippen LogP contribution in [0.2, 0.25) is 0 Å². The summed E-state index contributed by atoms with van der Waals surface area (Å²) in [4.78, 5) is 26.6. The number of fused-ring (bicyclic) bond motifs is 1. The first kappa shape index (κ1) is 11.6. The van der Waals surface area contributed by atoms with E-state index >= 15 is 0 Å². The number of hydrogen-bond acceptors (Lipinski definition) is 3. The fraction of sp³-hybridized carbons (Fsp3) is 0.333. The monoisotopic (exact) mass is 234 g/mol. The Labute approximate surface area is 97.7 Å². The van der Waals surface area contributed by atoms with Crippen LogP contribution in [0.4, 0.5) is 0 Å². The molecule has 2 rings (SSSR count). The standard InChI is InChI=1S/C12H14N2O3/c1-8-4-3-5-9-10(8)13-12(16)14(11(9)15)6-7-17-2/h3-5H,6-7H2,1-2H3,(H,13,16). The van der Waals surface area contributed by atoms with Crippen molar-refractivity contribution in [2.45, 2.75) is 13.5 Å². The molecule has 17 heavy (non-hydrogen) atoms. The topological polar surface area (TPSA) is 64.1 Å². The Morgan fingerprint density at radius 1 is 1.35 bits per heavy atom. The Morgan fingerprint density at radius 3 is 2.82 bits per heavy atom. The number of para-hydroxylation sites is 1. The molecule has 0 atom stereocenters. The minimum atomic E-state index is -0.395. The van der Waals surface area contributed by atoms with E-state index in [4.69, 9.17) is 4.74 Å². The summed E-state index contributed by atoms with van der Waals surface area (Å²) in [6.45, 7) is 2.45. The summed E-state index contributed by atoms with van der Waals surface area (Å²) in [5.74, 6) is 0. The Hall–Kier alpha value is -1.88. The van der Waals surface area contributed by atoms with Crippen LogP contribution in [-0.2, 0) is 11.3 Å². The van der Waals surface area contributed by atoms with Gasteiger partial charge in [0.1, 0.15) is 0 Å². The highest BCUT2D eigenvalue weighted by Crippen LogP contribution is 2.09. The Balaban J connectivity index is 2.73. The maximum Gasteiger partial charge on any atom is 0.328 e. The van der Waals surface area contributed by atoms with Crippen molar-refractivity contribution < 1.29 is 4.74 Å². The number of nitrogens with zero attached hydrogens (tertiary/aromatic N) is 1. The molecule has 90 valence electrons. The van der Waals surface area contributed by atoms with Crippen LogP contribution in [0.3, 0.4) is 0 Å². The smallest absolute Gasteiger partial charge is 0.328 e. The van der Waals surface area contributed by atoms with Crippen LogP contribution in [0.1, 0.15) is 5.56 Å². The van der Waals surface area contributed by atoms with Gasteiger partial charge in [0, 0.05) is 7.11 Å². The molecule has 0 bridgehead atoms. The molecule has 0 unspecified atom stereocenters. The van der Waals surface area contributed by atoms with Crippen molar-refractivity contribution >= 4 is 10.9 Å². The highest BCUT2D eigenvalue weighted by atomic mass is 16.5. The average Bonchev–Trinajstić information content (AvgIpc) is 2.31. The number of H-pyrrole nitrogens is 1. The first-order chi connectivity index (χ1) is 8.15. The molecule has 0 aliphatic heterocycles. The van der Waals surface area contributed by atoms with Gasteiger partial charge in [0.25, 0.3) is 5.56 Å². The van der Waals surface area contributed by atoms with E-state index in [2.05, 4.69) is 4.98 Å². The molecule has 0 saturated heterocycles. The van der Waals surface area contributed by atoms with Gasteiger partial charge < -0.3 is 9.72 Å². The van der Waals surface area contributed by atoms with Gasteiger partial charge in [0.15, 0.2) is 0 Å². The zero-order chi connectivity index (χ0) is 12.4. The van der Waals surface area contributed by atoms with Gasteiger partial charge in [-0.25, -0.2) is 4.79 Å². The van der Waals surface area contributed by atoms with E-state index in [1.54, 1.807) is 12.1 Å². The summed E-state index contributed by atoms with van der Waals surface area (Å²) in [7, 11) is 1.53. The third-order valence-corrected chi connectivity index (χ3v) is 2.74. The first-order valence-corrected chi connectivity index (χ1v) is 5.36. The second-order valence-corrected chi connectivity index (χ2v) is 3.88. The molecule has 0 fully saturated rings. The summed E-state index contributed by atoms with van der Waals surface area (Å²) in [6.07, 6.45) is 0. The molecule has 1 aromatic carbocycles. The van der Waals surface area contributed by atoms with Gasteiger partial charge in [-0.2, -0.15) is 0 Å². The summed E-state index contributed by atoms with van der Waals surface area (Å²) >= 11 is 0. The first-order valence-electron chi connectivity index (χ1n) is 5.36. The number of rotatable bonds is 3. The Morgan fingerprint density at radius 2 is 2.12 bits per heavy atom. The Bertz CT molecular complexity index is 655. The fourth-order valence-electron chi connectivity index (χ4n) is 1.81. The molecule has 1 heterocycles. The van der Waals surface area contributed by atoms with Gasteiger partial charge in [-0.15, -0.1) is 0 Å². The molecule has 0 amide bonds. The van der Waals surface area contributed by atoms with Crippen LogP contribution in [0.5, 0.6) is 0 Å². The highest BCUT2D eigenvalue weighted by molar-refractivity contribution is 5.80. The van der Waals surface area contributed by atoms with Crippen LogP contribution >= 0.6 is 0 Å². The third-order valence-electron chi connectivity index (χ3n) is 2.74. The zero-order valence-electron chi connectivity index (χ0n) is 9.82. The number of ether oxygens (including phenoxy) is 1. The molecule has 0 aliphatic carbocycles. The van der Waals surface area contributed by atoms with Gasteiger partial charge in [-0.05, 0) is 18.6 Å². The molecule has 0 saturated carbocycles. The molecule has 0 spiro atoms. The quantitative estimate of drug-likeness (QED) is 0.847. The normalized spacial score (nSPS) is 10.9. The number of methoxy groups -OCH3 is 1. The second kappa shape index (κ2) is 4.55. The summed E-state index contributed by atoms with van der Waals surface area (Å²) in [5.41, 5.74) is 0.824. The minimum absolute atomic E-state index is 0.258. The van der Waals surface area contributed by atoms with Crippen LogP contribution in [-0.4, -0.2) is 23.3 Å². The fourth-order valence-corrected chi connectivity index (χ4v) is 1.81. The number of nitrogens with one attached hydrogen (secondary N) is 1. The van der Waals surface area contributed by atoms with Crippen molar-refractivity contribution in [1.82, 2.24) is 9.55 Å². The highest BCUT2D eigenvalue weighted by Gasteiger charge is 2.08. The number of aryl methyl sites for hydroxylation is 1. The zero-order valence-corrected chi connectivity index (χ0v) is 9.82. The van der Waals surface area contributed by atoms with Gasteiger partial charge >= 0.3 is 5.69 Å². The number of aromatic amines is 1. The lowest BCUT2D eigenvalue weighted by molar-refractivity contribution is 0.185. The van der Waals surface area contributed by atoms with E-state index in [1.807, 2.05) is 13.0 Å². The van der Waals surface area contributed by atoms with Crippen molar-refractivity contribution in [3.8, 4) is 0 Å². The lowest BCUT2D eigenvalue weighted by atomic mass is 10.1. The van der Waals surface area contributed by atoms with Crippen molar-refractivity contribution in [3.05, 3.63) is 44.6 Å². The van der Waals surface area contributed by atoms with E-state index in [-0.39, 0.29) is 12.1 Å². The van der Waals surface area contributed by atoms with Crippen molar-refractivity contribution in [2.24, 2.45) is 0 Å². The summed E-state index contributed by atoms with van der Waals surface area (Å²) in [6, 6.07) is 5.37. The number of benzene rings is 1. The maximum absolute atomic E-state index is 12.1. The lowest BCUT2D eigenvalue weighted by Gasteiger charge is -2.06. The van der Waals surface area contributed by atoms with Gasteiger partial charge in [0.05, 0.1) is 24.1 Å². The van der Waals surface area contributed by atoms with E-state index in [9.17, 15) is 9.59 Å². The van der Waals surface area contributed by atoms with E-state index in [1.165, 1.54) is 7.11 Å². The average molecular weight is 234 g/mol. The third kappa shape index (κ3) is 2.01. The molecule has 5 nitrogen and oxygen atoms in total. The van der Waals surface area contributed by atoms with Crippen molar-refractivity contribution in [2.75, 3.05) is 13.7 Å².